The summed E-state index contributed by atoms with van der Waals surface area (Å²) in [6.45, 7) is 6.96. The van der Waals surface area contributed by atoms with Crippen molar-refractivity contribution in [3.8, 4) is 0 Å². The molecule has 0 aromatic rings. The average molecular weight is 212 g/mol. The van der Waals surface area contributed by atoms with Crippen molar-refractivity contribution in [2.45, 2.75) is 38.3 Å². The van der Waals surface area contributed by atoms with Gasteiger partial charge < -0.3 is 10.1 Å². The third-order valence-corrected chi connectivity index (χ3v) is 3.79. The van der Waals surface area contributed by atoms with E-state index in [9.17, 15) is 0 Å². The van der Waals surface area contributed by atoms with Gasteiger partial charge in [-0.05, 0) is 32.1 Å². The van der Waals surface area contributed by atoms with Crippen LogP contribution >= 0.6 is 0 Å². The molecule has 1 aliphatic heterocycles. The van der Waals surface area contributed by atoms with Crippen molar-refractivity contribution in [1.82, 2.24) is 10.2 Å². The van der Waals surface area contributed by atoms with Crippen molar-refractivity contribution in [3.05, 3.63) is 0 Å². The lowest BCUT2D eigenvalue weighted by Gasteiger charge is -2.18. The number of hydrogen-bond acceptors (Lipinski definition) is 3. The van der Waals surface area contributed by atoms with Crippen molar-refractivity contribution in [1.29, 1.82) is 0 Å². The first-order valence-electron chi connectivity index (χ1n) is 6.28. The monoisotopic (exact) mass is 212 g/mol. The van der Waals surface area contributed by atoms with Crippen LogP contribution in [0.25, 0.3) is 0 Å². The molecule has 0 spiro atoms. The summed E-state index contributed by atoms with van der Waals surface area (Å²) in [6.07, 6.45) is 4.55. The molecule has 2 aliphatic rings. The number of rotatable bonds is 6. The molecule has 1 N–H and O–H groups in total. The SMILES string of the molecule is COC1CCN(CCNC(C)C2CC2)C1. The number of methoxy groups -OCH3 is 1. The van der Waals surface area contributed by atoms with Gasteiger partial charge in [0.1, 0.15) is 0 Å². The Hall–Kier alpha value is -0.120. The summed E-state index contributed by atoms with van der Waals surface area (Å²) in [5.74, 6) is 0.968. The Kier molecular flexibility index (Phi) is 4.00. The topological polar surface area (TPSA) is 24.5 Å². The van der Waals surface area contributed by atoms with Crippen LogP contribution in [0.3, 0.4) is 0 Å². The number of ether oxygens (including phenoxy) is 1. The minimum atomic E-state index is 0.478. The fraction of sp³-hybridized carbons (Fsp3) is 1.00. The van der Waals surface area contributed by atoms with Crippen LogP contribution in [-0.2, 0) is 4.74 Å². The lowest BCUT2D eigenvalue weighted by molar-refractivity contribution is 0.108. The summed E-state index contributed by atoms with van der Waals surface area (Å²) in [6, 6.07) is 0.728. The average Bonchev–Trinajstić information content (AvgIpc) is 2.99. The van der Waals surface area contributed by atoms with Crippen LogP contribution in [0.2, 0.25) is 0 Å². The number of nitrogens with one attached hydrogen (secondary N) is 1. The molecule has 1 saturated heterocycles. The molecule has 1 heterocycles. The van der Waals surface area contributed by atoms with Crippen LogP contribution in [0.15, 0.2) is 0 Å². The maximum atomic E-state index is 5.35. The first kappa shape index (κ1) is 11.4. The highest BCUT2D eigenvalue weighted by molar-refractivity contribution is 4.84. The lowest BCUT2D eigenvalue weighted by atomic mass is 10.2. The highest BCUT2D eigenvalue weighted by Gasteiger charge is 2.27. The molecule has 1 aliphatic carbocycles. The molecule has 1 saturated carbocycles. The van der Waals surface area contributed by atoms with E-state index in [1.165, 1.54) is 32.4 Å². The minimum absolute atomic E-state index is 0.478. The zero-order chi connectivity index (χ0) is 10.7. The highest BCUT2D eigenvalue weighted by Crippen LogP contribution is 2.32. The zero-order valence-corrected chi connectivity index (χ0v) is 10.0. The van der Waals surface area contributed by atoms with Crippen LogP contribution in [0, 0.1) is 5.92 Å². The molecule has 88 valence electrons. The minimum Gasteiger partial charge on any atom is -0.380 e. The van der Waals surface area contributed by atoms with Gasteiger partial charge in [-0.25, -0.2) is 0 Å². The van der Waals surface area contributed by atoms with Gasteiger partial charge in [0.15, 0.2) is 0 Å². The molecule has 0 bridgehead atoms. The Labute approximate surface area is 93.2 Å². The van der Waals surface area contributed by atoms with E-state index in [0.29, 0.717) is 6.10 Å². The highest BCUT2D eigenvalue weighted by atomic mass is 16.5. The molecule has 2 rings (SSSR count). The van der Waals surface area contributed by atoms with E-state index in [4.69, 9.17) is 4.74 Å². The maximum Gasteiger partial charge on any atom is 0.0710 e. The smallest absolute Gasteiger partial charge is 0.0710 e. The van der Waals surface area contributed by atoms with Gasteiger partial charge >= 0.3 is 0 Å². The molecule has 2 atom stereocenters. The van der Waals surface area contributed by atoms with E-state index in [1.54, 1.807) is 0 Å². The standard InChI is InChI=1S/C12H24N2O/c1-10(11-3-4-11)13-6-8-14-7-5-12(9-14)15-2/h10-13H,3-9H2,1-2H3. The van der Waals surface area contributed by atoms with Crippen LogP contribution in [0.5, 0.6) is 0 Å². The summed E-state index contributed by atoms with van der Waals surface area (Å²) in [5, 5.41) is 3.62. The predicted octanol–water partition coefficient (Wildman–Crippen LogP) is 1.10. The summed E-state index contributed by atoms with van der Waals surface area (Å²) >= 11 is 0. The maximum absolute atomic E-state index is 5.35. The molecular weight excluding hydrogens is 188 g/mol. The van der Waals surface area contributed by atoms with Gasteiger partial charge in [-0.3, -0.25) is 4.90 Å². The molecule has 2 fully saturated rings. The molecule has 3 nitrogen and oxygen atoms in total. The van der Waals surface area contributed by atoms with Crippen molar-refractivity contribution in [2.24, 2.45) is 5.92 Å². The van der Waals surface area contributed by atoms with Crippen molar-refractivity contribution < 1.29 is 4.74 Å². The normalized spacial score (nSPS) is 29.6. The van der Waals surface area contributed by atoms with Gasteiger partial charge in [0.05, 0.1) is 6.10 Å². The summed E-state index contributed by atoms with van der Waals surface area (Å²) in [5.41, 5.74) is 0. The number of nitrogens with zero attached hydrogens (tertiary/aromatic N) is 1. The Morgan fingerprint density at radius 3 is 2.80 bits per heavy atom. The van der Waals surface area contributed by atoms with Crippen LogP contribution in [0.1, 0.15) is 26.2 Å². The molecule has 0 radical (unpaired) electrons. The van der Waals surface area contributed by atoms with E-state index in [1.807, 2.05) is 7.11 Å². The Morgan fingerprint density at radius 2 is 2.20 bits per heavy atom. The summed E-state index contributed by atoms with van der Waals surface area (Å²) < 4.78 is 5.35. The molecule has 0 amide bonds. The fourth-order valence-corrected chi connectivity index (χ4v) is 2.41. The van der Waals surface area contributed by atoms with Crippen molar-refractivity contribution in [3.63, 3.8) is 0 Å². The van der Waals surface area contributed by atoms with Gasteiger partial charge in [-0.1, -0.05) is 0 Å². The molecular formula is C12H24N2O. The Bertz CT molecular complexity index is 194. The Morgan fingerprint density at radius 1 is 1.40 bits per heavy atom. The van der Waals surface area contributed by atoms with E-state index in [0.717, 1.165) is 25.0 Å². The summed E-state index contributed by atoms with van der Waals surface area (Å²) in [4.78, 5) is 2.50. The largest absolute Gasteiger partial charge is 0.380 e. The fourth-order valence-electron chi connectivity index (χ4n) is 2.41. The third-order valence-electron chi connectivity index (χ3n) is 3.79. The van der Waals surface area contributed by atoms with E-state index in [-0.39, 0.29) is 0 Å². The molecule has 15 heavy (non-hydrogen) atoms. The van der Waals surface area contributed by atoms with Crippen molar-refractivity contribution in [2.75, 3.05) is 33.3 Å². The van der Waals surface area contributed by atoms with Gasteiger partial charge in [0.25, 0.3) is 0 Å². The molecule has 0 aromatic carbocycles. The van der Waals surface area contributed by atoms with Crippen LogP contribution < -0.4 is 5.32 Å². The van der Waals surface area contributed by atoms with E-state index in [2.05, 4.69) is 17.1 Å². The summed E-state index contributed by atoms with van der Waals surface area (Å²) in [7, 11) is 1.82. The van der Waals surface area contributed by atoms with E-state index < -0.39 is 0 Å². The second-order valence-corrected chi connectivity index (χ2v) is 5.03. The van der Waals surface area contributed by atoms with Gasteiger partial charge in [-0.15, -0.1) is 0 Å². The van der Waals surface area contributed by atoms with Crippen molar-refractivity contribution >= 4 is 0 Å². The van der Waals surface area contributed by atoms with E-state index >= 15 is 0 Å². The zero-order valence-electron chi connectivity index (χ0n) is 10.0. The first-order chi connectivity index (χ1) is 7.29. The van der Waals surface area contributed by atoms with Gasteiger partial charge in [0, 0.05) is 39.3 Å². The lowest BCUT2D eigenvalue weighted by Crippen LogP contribution is -2.36. The predicted molar refractivity (Wildman–Crippen MR) is 62.0 cm³/mol. The van der Waals surface area contributed by atoms with Gasteiger partial charge in [-0.2, -0.15) is 0 Å². The number of hydrogen-bond donors (Lipinski definition) is 1. The molecule has 2 unspecified atom stereocenters. The van der Waals surface area contributed by atoms with Crippen LogP contribution in [0.4, 0.5) is 0 Å². The second kappa shape index (κ2) is 5.28. The molecule has 3 heteroatoms. The van der Waals surface area contributed by atoms with Crippen LogP contribution in [-0.4, -0.2) is 50.3 Å². The number of likely N-dealkylation sites (tertiary alicyclic amines) is 1. The first-order valence-corrected chi connectivity index (χ1v) is 6.28. The second-order valence-electron chi connectivity index (χ2n) is 5.03. The van der Waals surface area contributed by atoms with Gasteiger partial charge in [0.2, 0.25) is 0 Å². The Balaban J connectivity index is 1.54. The third kappa shape index (κ3) is 3.44. The quantitative estimate of drug-likeness (QED) is 0.713. The molecule has 0 aromatic heterocycles.